The van der Waals surface area contributed by atoms with Gasteiger partial charge in [0.15, 0.2) is 0 Å². The predicted molar refractivity (Wildman–Crippen MR) is 95.2 cm³/mol. The number of aliphatic carboxylic acids is 1. The van der Waals surface area contributed by atoms with Gasteiger partial charge in [0, 0.05) is 11.3 Å². The number of hydrogen-bond donors (Lipinski definition) is 2. The van der Waals surface area contributed by atoms with Crippen LogP contribution in [0.2, 0.25) is 0 Å². The molecule has 4 atom stereocenters. The molecule has 24 heavy (non-hydrogen) atoms. The summed E-state index contributed by atoms with van der Waals surface area (Å²) in [5.74, 6) is -0.770. The van der Waals surface area contributed by atoms with Crippen LogP contribution < -0.4 is 0 Å². The summed E-state index contributed by atoms with van der Waals surface area (Å²) in [6, 6.07) is 6.47. The van der Waals surface area contributed by atoms with Crippen molar-refractivity contribution < 1.29 is 15.0 Å². The van der Waals surface area contributed by atoms with Crippen LogP contribution in [0.5, 0.6) is 0 Å². The molecule has 3 rings (SSSR count). The van der Waals surface area contributed by atoms with Crippen molar-refractivity contribution in [3.05, 3.63) is 34.9 Å². The molecule has 3 heteroatoms. The van der Waals surface area contributed by atoms with Gasteiger partial charge in [-0.3, -0.25) is 4.79 Å². The van der Waals surface area contributed by atoms with E-state index in [-0.39, 0.29) is 11.3 Å². The molecule has 0 saturated heterocycles. The van der Waals surface area contributed by atoms with Gasteiger partial charge < -0.3 is 10.2 Å². The van der Waals surface area contributed by atoms with E-state index in [4.69, 9.17) is 0 Å². The smallest absolute Gasteiger partial charge is 0.307 e. The summed E-state index contributed by atoms with van der Waals surface area (Å²) in [6.07, 6.45) is 1.67. The van der Waals surface area contributed by atoms with Crippen molar-refractivity contribution in [3.63, 3.8) is 0 Å². The van der Waals surface area contributed by atoms with Gasteiger partial charge in [0.1, 0.15) is 0 Å². The Labute approximate surface area is 145 Å². The standard InChI is InChI=1S/C21H30O3/c1-12(2)13-6-7-15-14(10-13)11-17(22)18-20(3,4)9-8-16(19(23)24)21(15,18)5/h6-7,10,12,16-18,22H,8-9,11H2,1-5H3,(H,23,24)/t16?,17?,18?,21-/m0/s1. The van der Waals surface area contributed by atoms with Crippen molar-refractivity contribution in [2.24, 2.45) is 17.3 Å². The number of hydrogen-bond acceptors (Lipinski definition) is 2. The summed E-state index contributed by atoms with van der Waals surface area (Å²) < 4.78 is 0. The van der Waals surface area contributed by atoms with Crippen molar-refractivity contribution in [1.29, 1.82) is 0 Å². The average molecular weight is 330 g/mol. The topological polar surface area (TPSA) is 57.5 Å². The highest BCUT2D eigenvalue weighted by Gasteiger charge is 2.59. The Balaban J connectivity index is 2.21. The first kappa shape index (κ1) is 17.5. The first-order chi connectivity index (χ1) is 11.1. The average Bonchev–Trinajstić information content (AvgIpc) is 2.44. The quantitative estimate of drug-likeness (QED) is 0.857. The molecule has 2 aliphatic rings. The van der Waals surface area contributed by atoms with Gasteiger partial charge in [-0.2, -0.15) is 0 Å². The highest BCUT2D eigenvalue weighted by Crippen LogP contribution is 2.59. The van der Waals surface area contributed by atoms with Crippen molar-refractivity contribution in [2.75, 3.05) is 0 Å². The van der Waals surface area contributed by atoms with Gasteiger partial charge in [0.05, 0.1) is 12.0 Å². The zero-order chi connectivity index (χ0) is 17.9. The fourth-order valence-electron chi connectivity index (χ4n) is 5.67. The molecular formula is C21H30O3. The maximum Gasteiger partial charge on any atom is 0.307 e. The van der Waals surface area contributed by atoms with E-state index in [9.17, 15) is 15.0 Å². The molecule has 0 radical (unpaired) electrons. The van der Waals surface area contributed by atoms with E-state index in [0.29, 0.717) is 18.8 Å². The minimum atomic E-state index is -0.731. The Morgan fingerprint density at radius 2 is 1.92 bits per heavy atom. The van der Waals surface area contributed by atoms with E-state index in [2.05, 4.69) is 52.8 Å². The molecule has 1 fully saturated rings. The summed E-state index contributed by atoms with van der Waals surface area (Å²) in [5, 5.41) is 20.9. The SMILES string of the molecule is CC(C)c1ccc2c(c1)CC(O)C1C(C)(C)CCC(C(=O)O)[C@]21C. The van der Waals surface area contributed by atoms with Gasteiger partial charge in [-0.05, 0) is 47.3 Å². The molecule has 1 aromatic rings. The van der Waals surface area contributed by atoms with E-state index in [1.165, 1.54) is 5.56 Å². The van der Waals surface area contributed by atoms with Crippen LogP contribution in [0, 0.1) is 17.3 Å². The summed E-state index contributed by atoms with van der Waals surface area (Å²) in [4.78, 5) is 12.0. The minimum absolute atomic E-state index is 0.0303. The summed E-state index contributed by atoms with van der Waals surface area (Å²) in [7, 11) is 0. The van der Waals surface area contributed by atoms with E-state index >= 15 is 0 Å². The van der Waals surface area contributed by atoms with Crippen LogP contribution in [0.4, 0.5) is 0 Å². The highest BCUT2D eigenvalue weighted by atomic mass is 16.4. The first-order valence-electron chi connectivity index (χ1n) is 9.13. The van der Waals surface area contributed by atoms with Gasteiger partial charge in [0.25, 0.3) is 0 Å². The van der Waals surface area contributed by atoms with E-state index in [1.807, 2.05) is 0 Å². The molecule has 0 bridgehead atoms. The Morgan fingerprint density at radius 1 is 1.25 bits per heavy atom. The monoisotopic (exact) mass is 330 g/mol. The van der Waals surface area contributed by atoms with Crippen LogP contribution in [0.25, 0.3) is 0 Å². The molecule has 0 heterocycles. The number of carbonyl (C=O) groups is 1. The molecule has 2 N–H and O–H groups in total. The van der Waals surface area contributed by atoms with Crippen molar-refractivity contribution in [2.45, 2.75) is 71.3 Å². The maximum atomic E-state index is 12.0. The summed E-state index contributed by atoms with van der Waals surface area (Å²) in [6.45, 7) is 10.8. The van der Waals surface area contributed by atoms with E-state index < -0.39 is 23.4 Å². The maximum absolute atomic E-state index is 12.0. The second-order valence-electron chi connectivity index (χ2n) is 9.02. The molecule has 0 spiro atoms. The van der Waals surface area contributed by atoms with Gasteiger partial charge in [-0.25, -0.2) is 0 Å². The number of carboxylic acid groups (broad SMARTS) is 1. The number of benzene rings is 1. The van der Waals surface area contributed by atoms with Crippen LogP contribution in [0.3, 0.4) is 0 Å². The van der Waals surface area contributed by atoms with Gasteiger partial charge in [-0.15, -0.1) is 0 Å². The minimum Gasteiger partial charge on any atom is -0.481 e. The number of aliphatic hydroxyl groups excluding tert-OH is 1. The molecule has 0 amide bonds. The third kappa shape index (κ3) is 2.40. The third-order valence-corrected chi connectivity index (χ3v) is 6.78. The highest BCUT2D eigenvalue weighted by molar-refractivity contribution is 5.73. The van der Waals surface area contributed by atoms with Crippen LogP contribution in [-0.4, -0.2) is 22.3 Å². The van der Waals surface area contributed by atoms with Gasteiger partial charge in [-0.1, -0.05) is 52.8 Å². The second kappa shape index (κ2) is 5.59. The number of aliphatic hydroxyl groups is 1. The third-order valence-electron chi connectivity index (χ3n) is 6.78. The van der Waals surface area contributed by atoms with Gasteiger partial charge >= 0.3 is 5.97 Å². The lowest BCUT2D eigenvalue weighted by Gasteiger charge is -2.58. The molecule has 1 aromatic carbocycles. The second-order valence-corrected chi connectivity index (χ2v) is 9.02. The molecule has 3 nitrogen and oxygen atoms in total. The Hall–Kier alpha value is -1.35. The number of fused-ring (bicyclic) bond motifs is 3. The lowest BCUT2D eigenvalue weighted by atomic mass is 9.46. The molecule has 0 aliphatic heterocycles. The fraction of sp³-hybridized carbons (Fsp3) is 0.667. The zero-order valence-electron chi connectivity index (χ0n) is 15.5. The Bertz CT molecular complexity index is 661. The molecule has 1 saturated carbocycles. The Morgan fingerprint density at radius 3 is 2.50 bits per heavy atom. The molecule has 0 aromatic heterocycles. The number of carboxylic acids is 1. The molecule has 2 aliphatic carbocycles. The lowest BCUT2D eigenvalue weighted by molar-refractivity contribution is -0.155. The van der Waals surface area contributed by atoms with Crippen molar-refractivity contribution >= 4 is 5.97 Å². The van der Waals surface area contributed by atoms with Crippen LogP contribution in [0.15, 0.2) is 18.2 Å². The predicted octanol–water partition coefficient (Wildman–Crippen LogP) is 4.12. The van der Waals surface area contributed by atoms with E-state index in [1.54, 1.807) is 0 Å². The molecule has 132 valence electrons. The summed E-state index contributed by atoms with van der Waals surface area (Å²) >= 11 is 0. The largest absolute Gasteiger partial charge is 0.481 e. The molecule has 3 unspecified atom stereocenters. The molecular weight excluding hydrogens is 300 g/mol. The Kier molecular flexibility index (Phi) is 4.07. The first-order valence-corrected chi connectivity index (χ1v) is 9.13. The normalized spacial score (nSPS) is 34.5. The van der Waals surface area contributed by atoms with E-state index in [0.717, 1.165) is 17.5 Å². The lowest BCUT2D eigenvalue weighted by Crippen LogP contribution is -2.59. The van der Waals surface area contributed by atoms with Crippen molar-refractivity contribution in [1.82, 2.24) is 0 Å². The van der Waals surface area contributed by atoms with Crippen LogP contribution in [0.1, 0.15) is 70.1 Å². The number of rotatable bonds is 2. The van der Waals surface area contributed by atoms with Gasteiger partial charge in [0.2, 0.25) is 0 Å². The summed E-state index contributed by atoms with van der Waals surface area (Å²) in [5.41, 5.74) is 2.95. The van der Waals surface area contributed by atoms with Crippen LogP contribution in [-0.2, 0) is 16.6 Å². The zero-order valence-corrected chi connectivity index (χ0v) is 15.5. The van der Waals surface area contributed by atoms with Crippen molar-refractivity contribution in [3.8, 4) is 0 Å². The fourth-order valence-corrected chi connectivity index (χ4v) is 5.67. The van der Waals surface area contributed by atoms with Crippen LogP contribution >= 0.6 is 0 Å².